The topological polar surface area (TPSA) is 86.8 Å². The van der Waals surface area contributed by atoms with Crippen molar-refractivity contribution in [2.24, 2.45) is 0 Å². The lowest BCUT2D eigenvalue weighted by molar-refractivity contribution is -0.140. The Morgan fingerprint density at radius 3 is 2.02 bits per heavy atom. The van der Waals surface area contributed by atoms with Crippen LogP contribution in [0.5, 0.6) is 0 Å². The number of halogens is 3. The third-order valence-electron chi connectivity index (χ3n) is 6.81. The van der Waals surface area contributed by atoms with Crippen molar-refractivity contribution >= 4 is 62.3 Å². The van der Waals surface area contributed by atoms with E-state index in [1.54, 1.807) is 54.6 Å². The van der Waals surface area contributed by atoms with Crippen LogP contribution in [0.1, 0.15) is 31.9 Å². The Morgan fingerprint density at radius 2 is 1.42 bits per heavy atom. The molecule has 0 aliphatic carbocycles. The smallest absolute Gasteiger partial charge is 0.264 e. The van der Waals surface area contributed by atoms with Crippen molar-refractivity contribution in [2.75, 3.05) is 10.8 Å². The number of rotatable bonds is 11. The molecule has 0 fully saturated rings. The van der Waals surface area contributed by atoms with E-state index in [1.807, 2.05) is 51.1 Å². The van der Waals surface area contributed by atoms with E-state index >= 15 is 0 Å². The van der Waals surface area contributed by atoms with Crippen molar-refractivity contribution in [2.45, 2.75) is 50.2 Å². The molecule has 0 radical (unpaired) electrons. The normalized spacial score (nSPS) is 12.3. The van der Waals surface area contributed by atoms with Crippen LogP contribution in [-0.4, -0.2) is 43.3 Å². The molecule has 236 valence electrons. The molecule has 4 aromatic carbocycles. The zero-order chi connectivity index (χ0) is 32.8. The summed E-state index contributed by atoms with van der Waals surface area (Å²) in [5, 5.41) is 3.92. The molecule has 0 aromatic heterocycles. The van der Waals surface area contributed by atoms with E-state index in [4.69, 9.17) is 34.8 Å². The third kappa shape index (κ3) is 9.23. The van der Waals surface area contributed by atoms with Gasteiger partial charge in [0.1, 0.15) is 12.6 Å². The summed E-state index contributed by atoms with van der Waals surface area (Å²) in [5.41, 5.74) is 1.03. The Hall–Kier alpha value is -3.56. The minimum absolute atomic E-state index is 0.000111. The van der Waals surface area contributed by atoms with Gasteiger partial charge in [-0.2, -0.15) is 0 Å². The van der Waals surface area contributed by atoms with Crippen LogP contribution >= 0.6 is 34.8 Å². The lowest BCUT2D eigenvalue weighted by Crippen LogP contribution is -2.56. The van der Waals surface area contributed by atoms with E-state index in [-0.39, 0.29) is 34.5 Å². The molecular weight excluding hydrogens is 653 g/mol. The minimum Gasteiger partial charge on any atom is -0.350 e. The van der Waals surface area contributed by atoms with E-state index in [0.717, 1.165) is 9.87 Å². The number of amides is 2. The fraction of sp³-hybridized carbons (Fsp3) is 0.235. The highest BCUT2D eigenvalue weighted by molar-refractivity contribution is 7.92. The second-order valence-corrected chi connectivity index (χ2v) is 14.6. The standard InChI is InChI=1S/C34H34Cl3N3O4S/c1-34(2,3)38-33(42)31(20-24-11-6-4-7-12-24)39(22-25-17-18-29(36)30(37)19-25)32(41)23-40(27-14-10-13-26(35)21-27)45(43,44)28-15-8-5-9-16-28/h4-19,21,31H,20,22-23H2,1-3H3,(H,38,42)/t31-/m0/s1. The Bertz CT molecular complexity index is 1750. The van der Waals surface area contributed by atoms with Crippen LogP contribution in [0.3, 0.4) is 0 Å². The van der Waals surface area contributed by atoms with Gasteiger partial charge in [0.05, 0.1) is 20.6 Å². The molecule has 0 bridgehead atoms. The SMILES string of the molecule is CC(C)(C)NC(=O)[C@H](Cc1ccccc1)N(Cc1ccc(Cl)c(Cl)c1)C(=O)CN(c1cccc(Cl)c1)S(=O)(=O)c1ccccc1. The second-order valence-electron chi connectivity index (χ2n) is 11.5. The Balaban J connectivity index is 1.83. The maximum Gasteiger partial charge on any atom is 0.264 e. The summed E-state index contributed by atoms with van der Waals surface area (Å²) in [6.07, 6.45) is 0.179. The fourth-order valence-corrected chi connectivity index (χ4v) is 6.65. The van der Waals surface area contributed by atoms with Gasteiger partial charge in [-0.3, -0.25) is 13.9 Å². The zero-order valence-corrected chi connectivity index (χ0v) is 28.2. The molecule has 0 saturated heterocycles. The lowest BCUT2D eigenvalue weighted by atomic mass is 10.0. The van der Waals surface area contributed by atoms with Crippen LogP contribution in [-0.2, 0) is 32.6 Å². The first kappa shape index (κ1) is 34.3. The molecule has 1 atom stereocenters. The minimum atomic E-state index is -4.23. The molecule has 4 aromatic rings. The number of nitrogens with one attached hydrogen (secondary N) is 1. The molecule has 1 N–H and O–H groups in total. The fourth-order valence-electron chi connectivity index (χ4n) is 4.72. The van der Waals surface area contributed by atoms with Gasteiger partial charge in [0.25, 0.3) is 10.0 Å². The molecule has 11 heteroatoms. The summed E-state index contributed by atoms with van der Waals surface area (Å²) in [7, 11) is -4.23. The summed E-state index contributed by atoms with van der Waals surface area (Å²) in [6, 6.07) is 27.4. The van der Waals surface area contributed by atoms with E-state index in [2.05, 4.69) is 5.32 Å². The van der Waals surface area contributed by atoms with Crippen LogP contribution in [0, 0.1) is 0 Å². The van der Waals surface area contributed by atoms with Crippen molar-refractivity contribution in [3.63, 3.8) is 0 Å². The predicted molar refractivity (Wildman–Crippen MR) is 181 cm³/mol. The maximum absolute atomic E-state index is 14.5. The van der Waals surface area contributed by atoms with Gasteiger partial charge in [0.2, 0.25) is 11.8 Å². The van der Waals surface area contributed by atoms with Crippen LogP contribution in [0.15, 0.2) is 108 Å². The first-order valence-corrected chi connectivity index (χ1v) is 16.7. The largest absolute Gasteiger partial charge is 0.350 e. The highest BCUT2D eigenvalue weighted by Crippen LogP contribution is 2.28. The van der Waals surface area contributed by atoms with Crippen molar-refractivity contribution in [1.82, 2.24) is 10.2 Å². The van der Waals surface area contributed by atoms with Gasteiger partial charge >= 0.3 is 0 Å². The molecular formula is C34H34Cl3N3O4S. The van der Waals surface area contributed by atoms with Crippen molar-refractivity contribution in [1.29, 1.82) is 0 Å². The molecule has 0 saturated carbocycles. The maximum atomic E-state index is 14.5. The number of sulfonamides is 1. The summed E-state index contributed by atoms with van der Waals surface area (Å²) in [6.45, 7) is 4.90. The second kappa shape index (κ2) is 14.7. The first-order chi connectivity index (χ1) is 21.2. The van der Waals surface area contributed by atoms with Crippen LogP contribution < -0.4 is 9.62 Å². The molecule has 2 amide bonds. The molecule has 0 aliphatic heterocycles. The molecule has 4 rings (SSSR count). The summed E-state index contributed by atoms with van der Waals surface area (Å²) < 4.78 is 29.1. The average Bonchev–Trinajstić information content (AvgIpc) is 2.99. The number of anilines is 1. The summed E-state index contributed by atoms with van der Waals surface area (Å²) >= 11 is 18.8. The predicted octanol–water partition coefficient (Wildman–Crippen LogP) is 7.40. The van der Waals surface area contributed by atoms with Gasteiger partial charge in [-0.1, -0.05) is 95.5 Å². The van der Waals surface area contributed by atoms with Crippen LogP contribution in [0.2, 0.25) is 15.1 Å². The van der Waals surface area contributed by atoms with E-state index in [9.17, 15) is 18.0 Å². The average molecular weight is 687 g/mol. The van der Waals surface area contributed by atoms with Gasteiger partial charge in [0, 0.05) is 23.5 Å². The highest BCUT2D eigenvalue weighted by Gasteiger charge is 2.35. The number of hydrogen-bond acceptors (Lipinski definition) is 4. The molecule has 45 heavy (non-hydrogen) atoms. The quantitative estimate of drug-likeness (QED) is 0.178. The van der Waals surface area contributed by atoms with Gasteiger partial charge in [-0.15, -0.1) is 0 Å². The highest BCUT2D eigenvalue weighted by atomic mass is 35.5. The number of benzene rings is 4. The lowest BCUT2D eigenvalue weighted by Gasteiger charge is -2.35. The van der Waals surface area contributed by atoms with Crippen molar-refractivity contribution in [3.05, 3.63) is 129 Å². The molecule has 0 aliphatic rings. The zero-order valence-electron chi connectivity index (χ0n) is 25.1. The van der Waals surface area contributed by atoms with Gasteiger partial charge in [-0.05, 0) is 74.4 Å². The van der Waals surface area contributed by atoms with Gasteiger partial charge < -0.3 is 10.2 Å². The van der Waals surface area contributed by atoms with Crippen LogP contribution in [0.25, 0.3) is 0 Å². The molecule has 0 spiro atoms. The van der Waals surface area contributed by atoms with Gasteiger partial charge in [-0.25, -0.2) is 8.42 Å². The van der Waals surface area contributed by atoms with E-state index < -0.39 is 34.1 Å². The van der Waals surface area contributed by atoms with Crippen molar-refractivity contribution in [3.8, 4) is 0 Å². The molecule has 0 unspecified atom stereocenters. The monoisotopic (exact) mass is 685 g/mol. The van der Waals surface area contributed by atoms with Crippen molar-refractivity contribution < 1.29 is 18.0 Å². The number of hydrogen-bond donors (Lipinski definition) is 1. The van der Waals surface area contributed by atoms with E-state index in [1.165, 1.54) is 23.1 Å². The van der Waals surface area contributed by atoms with E-state index in [0.29, 0.717) is 15.6 Å². The number of carbonyl (C=O) groups excluding carboxylic acids is 2. The molecule has 0 heterocycles. The number of nitrogens with zero attached hydrogens (tertiary/aromatic N) is 2. The number of carbonyl (C=O) groups is 2. The Morgan fingerprint density at radius 1 is 0.778 bits per heavy atom. The summed E-state index contributed by atoms with van der Waals surface area (Å²) in [5.74, 6) is -0.995. The summed E-state index contributed by atoms with van der Waals surface area (Å²) in [4.78, 5) is 29.8. The molecule has 7 nitrogen and oxygen atoms in total. The Kier molecular flexibility index (Phi) is 11.2. The Labute approximate surface area is 279 Å². The van der Waals surface area contributed by atoms with Gasteiger partial charge in [0.15, 0.2) is 0 Å². The van der Waals surface area contributed by atoms with Crippen LogP contribution in [0.4, 0.5) is 5.69 Å². The first-order valence-electron chi connectivity index (χ1n) is 14.2. The third-order valence-corrected chi connectivity index (χ3v) is 9.57.